The van der Waals surface area contributed by atoms with Crippen LogP contribution >= 0.6 is 0 Å². The summed E-state index contributed by atoms with van der Waals surface area (Å²) in [4.78, 5) is 12.3. The molecule has 0 fully saturated rings. The van der Waals surface area contributed by atoms with Crippen LogP contribution in [0.15, 0.2) is 53.4 Å². The first-order valence-electron chi connectivity index (χ1n) is 7.17. The number of anilines is 1. The van der Waals surface area contributed by atoms with Gasteiger partial charge in [0.15, 0.2) is 0 Å². The van der Waals surface area contributed by atoms with Crippen molar-refractivity contribution in [3.8, 4) is 0 Å². The van der Waals surface area contributed by atoms with Crippen LogP contribution in [0.2, 0.25) is 0 Å². The molecule has 0 saturated heterocycles. The van der Waals surface area contributed by atoms with Crippen LogP contribution < -0.4 is 5.32 Å². The normalized spacial score (nSPS) is 11.5. The van der Waals surface area contributed by atoms with E-state index in [4.69, 9.17) is 0 Å². The van der Waals surface area contributed by atoms with Crippen LogP contribution in [-0.2, 0) is 21.2 Å². The molecule has 2 rings (SSSR count). The molecule has 0 atom stereocenters. The van der Waals surface area contributed by atoms with Gasteiger partial charge in [0.1, 0.15) is 0 Å². The predicted molar refractivity (Wildman–Crippen MR) is 90.8 cm³/mol. The van der Waals surface area contributed by atoms with Crippen molar-refractivity contribution in [3.05, 3.63) is 59.7 Å². The molecule has 0 saturated carbocycles. The Labute approximate surface area is 137 Å². The Kier molecular flexibility index (Phi) is 5.18. The molecule has 0 aliphatic heterocycles. The summed E-state index contributed by atoms with van der Waals surface area (Å²) >= 11 is 0. The molecule has 0 aliphatic carbocycles. The number of nitrogens with one attached hydrogen (secondary N) is 1. The molecule has 23 heavy (non-hydrogen) atoms. The Morgan fingerprint density at radius 1 is 1.04 bits per heavy atom. The van der Waals surface area contributed by atoms with Gasteiger partial charge < -0.3 is 5.32 Å². The quantitative estimate of drug-likeness (QED) is 0.914. The molecule has 2 aromatic rings. The highest BCUT2D eigenvalue weighted by molar-refractivity contribution is 7.89. The van der Waals surface area contributed by atoms with E-state index in [1.807, 2.05) is 31.2 Å². The fraction of sp³-hybridized carbons (Fsp3) is 0.235. The van der Waals surface area contributed by atoms with Gasteiger partial charge in [-0.2, -0.15) is 0 Å². The number of hydrogen-bond donors (Lipinski definition) is 1. The summed E-state index contributed by atoms with van der Waals surface area (Å²) in [5.41, 5.74) is 2.60. The number of hydrogen-bond acceptors (Lipinski definition) is 3. The minimum absolute atomic E-state index is 0.137. The van der Waals surface area contributed by atoms with E-state index in [-0.39, 0.29) is 17.2 Å². The lowest BCUT2D eigenvalue weighted by molar-refractivity contribution is -0.115. The van der Waals surface area contributed by atoms with Crippen molar-refractivity contribution < 1.29 is 13.2 Å². The standard InChI is InChI=1S/C17H20N2O3S/c1-13-6-4-5-7-14(13)12-17(20)18-15-8-10-16(11-9-15)23(21,22)19(2)3/h4-11H,12H2,1-3H3,(H,18,20). The molecule has 0 heterocycles. The maximum atomic E-state index is 12.1. The Balaban J connectivity index is 2.07. The second kappa shape index (κ2) is 6.93. The number of aryl methyl sites for hydroxylation is 1. The summed E-state index contributed by atoms with van der Waals surface area (Å²) in [5, 5.41) is 2.78. The Morgan fingerprint density at radius 3 is 2.22 bits per heavy atom. The second-order valence-electron chi connectivity index (χ2n) is 5.46. The fourth-order valence-electron chi connectivity index (χ4n) is 2.11. The Bertz CT molecular complexity index is 797. The van der Waals surface area contributed by atoms with Crippen molar-refractivity contribution in [2.75, 3.05) is 19.4 Å². The van der Waals surface area contributed by atoms with E-state index in [0.717, 1.165) is 15.4 Å². The van der Waals surface area contributed by atoms with Crippen molar-refractivity contribution in [2.45, 2.75) is 18.2 Å². The van der Waals surface area contributed by atoms with Crippen molar-refractivity contribution >= 4 is 21.6 Å². The number of amides is 1. The SMILES string of the molecule is Cc1ccccc1CC(=O)Nc1ccc(S(=O)(=O)N(C)C)cc1. The first-order chi connectivity index (χ1) is 10.8. The highest BCUT2D eigenvalue weighted by Crippen LogP contribution is 2.17. The maximum Gasteiger partial charge on any atom is 0.242 e. The molecule has 0 aromatic heterocycles. The number of nitrogens with zero attached hydrogens (tertiary/aromatic N) is 1. The summed E-state index contributed by atoms with van der Waals surface area (Å²) in [5.74, 6) is -0.137. The molecule has 0 radical (unpaired) electrons. The van der Waals surface area contributed by atoms with E-state index in [2.05, 4.69) is 5.32 Å². The number of benzene rings is 2. The lowest BCUT2D eigenvalue weighted by Crippen LogP contribution is -2.22. The number of rotatable bonds is 5. The Morgan fingerprint density at radius 2 is 1.65 bits per heavy atom. The third-order valence-electron chi connectivity index (χ3n) is 3.53. The Hall–Kier alpha value is -2.18. The van der Waals surface area contributed by atoms with Crippen LogP contribution in [0.4, 0.5) is 5.69 Å². The molecule has 1 N–H and O–H groups in total. The van der Waals surface area contributed by atoms with Crippen LogP contribution in [0.5, 0.6) is 0 Å². The second-order valence-corrected chi connectivity index (χ2v) is 7.62. The van der Waals surface area contributed by atoms with Crippen molar-refractivity contribution in [2.24, 2.45) is 0 Å². The van der Waals surface area contributed by atoms with Crippen molar-refractivity contribution in [1.82, 2.24) is 4.31 Å². The predicted octanol–water partition coefficient (Wildman–Crippen LogP) is 2.43. The lowest BCUT2D eigenvalue weighted by atomic mass is 10.1. The van der Waals surface area contributed by atoms with Gasteiger partial charge in [0, 0.05) is 19.8 Å². The van der Waals surface area contributed by atoms with Gasteiger partial charge in [-0.05, 0) is 42.3 Å². The molecule has 6 heteroatoms. The molecule has 0 spiro atoms. The van der Waals surface area contributed by atoms with Gasteiger partial charge in [0.2, 0.25) is 15.9 Å². The number of carbonyl (C=O) groups excluding carboxylic acids is 1. The number of carbonyl (C=O) groups is 1. The molecule has 5 nitrogen and oxygen atoms in total. The molecule has 0 bridgehead atoms. The maximum absolute atomic E-state index is 12.1. The molecular weight excluding hydrogens is 312 g/mol. The third kappa shape index (κ3) is 4.18. The largest absolute Gasteiger partial charge is 0.326 e. The molecule has 0 unspecified atom stereocenters. The smallest absolute Gasteiger partial charge is 0.242 e. The van der Waals surface area contributed by atoms with Crippen LogP contribution in [-0.4, -0.2) is 32.7 Å². The average Bonchev–Trinajstić information content (AvgIpc) is 2.50. The summed E-state index contributed by atoms with van der Waals surface area (Å²) in [6.45, 7) is 1.96. The summed E-state index contributed by atoms with van der Waals surface area (Å²) < 4.78 is 25.1. The van der Waals surface area contributed by atoms with Crippen LogP contribution in [0.3, 0.4) is 0 Å². The minimum Gasteiger partial charge on any atom is -0.326 e. The van der Waals surface area contributed by atoms with Gasteiger partial charge in [0.05, 0.1) is 11.3 Å². The average molecular weight is 332 g/mol. The summed E-state index contributed by atoms with van der Waals surface area (Å²) in [7, 11) is -0.497. The van der Waals surface area contributed by atoms with E-state index in [0.29, 0.717) is 5.69 Å². The van der Waals surface area contributed by atoms with E-state index < -0.39 is 10.0 Å². The number of sulfonamides is 1. The highest BCUT2D eigenvalue weighted by atomic mass is 32.2. The monoisotopic (exact) mass is 332 g/mol. The van der Waals surface area contributed by atoms with Crippen molar-refractivity contribution in [3.63, 3.8) is 0 Å². The molecule has 2 aromatic carbocycles. The first kappa shape index (κ1) is 17.2. The minimum atomic E-state index is -3.46. The summed E-state index contributed by atoms with van der Waals surface area (Å²) in [6, 6.07) is 13.9. The zero-order valence-electron chi connectivity index (χ0n) is 13.4. The van der Waals surface area contributed by atoms with E-state index in [9.17, 15) is 13.2 Å². The highest BCUT2D eigenvalue weighted by Gasteiger charge is 2.16. The van der Waals surface area contributed by atoms with Gasteiger partial charge in [-0.1, -0.05) is 24.3 Å². The zero-order valence-corrected chi connectivity index (χ0v) is 14.2. The molecule has 122 valence electrons. The van der Waals surface area contributed by atoms with E-state index in [1.165, 1.54) is 26.2 Å². The van der Waals surface area contributed by atoms with Gasteiger partial charge in [-0.15, -0.1) is 0 Å². The van der Waals surface area contributed by atoms with Gasteiger partial charge in [0.25, 0.3) is 0 Å². The summed E-state index contributed by atoms with van der Waals surface area (Å²) in [6.07, 6.45) is 0.282. The lowest BCUT2D eigenvalue weighted by Gasteiger charge is -2.12. The zero-order chi connectivity index (χ0) is 17.0. The molecule has 0 aliphatic rings. The van der Waals surface area contributed by atoms with Crippen LogP contribution in [0.1, 0.15) is 11.1 Å². The van der Waals surface area contributed by atoms with Crippen LogP contribution in [0, 0.1) is 6.92 Å². The molecule has 1 amide bonds. The third-order valence-corrected chi connectivity index (χ3v) is 5.36. The van der Waals surface area contributed by atoms with Gasteiger partial charge in [-0.3, -0.25) is 4.79 Å². The van der Waals surface area contributed by atoms with Gasteiger partial charge in [-0.25, -0.2) is 12.7 Å². The van der Waals surface area contributed by atoms with E-state index >= 15 is 0 Å². The van der Waals surface area contributed by atoms with Gasteiger partial charge >= 0.3 is 0 Å². The first-order valence-corrected chi connectivity index (χ1v) is 8.61. The molecular formula is C17H20N2O3S. The van der Waals surface area contributed by atoms with E-state index in [1.54, 1.807) is 12.1 Å². The fourth-order valence-corrected chi connectivity index (χ4v) is 3.01. The van der Waals surface area contributed by atoms with Crippen LogP contribution in [0.25, 0.3) is 0 Å². The van der Waals surface area contributed by atoms with Crippen molar-refractivity contribution in [1.29, 1.82) is 0 Å². The topological polar surface area (TPSA) is 66.5 Å².